The van der Waals surface area contributed by atoms with E-state index >= 15 is 0 Å². The first kappa shape index (κ1) is 26.3. The zero-order valence-electron chi connectivity index (χ0n) is 21.3. The second kappa shape index (κ2) is 11.2. The number of hydrogen-bond donors (Lipinski definition) is 3. The molecule has 10 nitrogen and oxygen atoms in total. The van der Waals surface area contributed by atoms with Crippen molar-refractivity contribution in [2.24, 2.45) is 0 Å². The number of H-pyrrole nitrogens is 1. The van der Waals surface area contributed by atoms with E-state index < -0.39 is 18.2 Å². The highest BCUT2D eigenvalue weighted by Crippen LogP contribution is 2.36. The molecule has 0 radical (unpaired) electrons. The lowest BCUT2D eigenvalue weighted by molar-refractivity contribution is -0.116. The lowest BCUT2D eigenvalue weighted by Gasteiger charge is -2.36. The number of anilines is 2. The summed E-state index contributed by atoms with van der Waals surface area (Å²) >= 11 is 6.13. The Morgan fingerprint density at radius 1 is 1.21 bits per heavy atom. The average molecular weight is 550 g/mol. The van der Waals surface area contributed by atoms with E-state index in [0.29, 0.717) is 59.3 Å². The number of fused-ring (bicyclic) bond motifs is 4. The van der Waals surface area contributed by atoms with Crippen molar-refractivity contribution in [1.82, 2.24) is 14.9 Å². The van der Waals surface area contributed by atoms with Crippen LogP contribution in [0, 0.1) is 0 Å². The number of halogens is 1. The number of nitrogens with zero attached hydrogens (tertiary/aromatic N) is 3. The van der Waals surface area contributed by atoms with Crippen LogP contribution in [-0.2, 0) is 9.53 Å². The van der Waals surface area contributed by atoms with E-state index in [4.69, 9.17) is 21.3 Å². The molecule has 39 heavy (non-hydrogen) atoms. The number of benzene rings is 2. The Hall–Kier alpha value is -4.31. The summed E-state index contributed by atoms with van der Waals surface area (Å²) in [5, 5.41) is 12.9. The topological polar surface area (TPSA) is 128 Å². The first-order valence-corrected chi connectivity index (χ1v) is 13.0. The van der Waals surface area contributed by atoms with E-state index in [1.807, 2.05) is 30.4 Å². The van der Waals surface area contributed by atoms with E-state index in [2.05, 4.69) is 10.3 Å². The van der Waals surface area contributed by atoms with Gasteiger partial charge in [0.05, 0.1) is 17.4 Å². The van der Waals surface area contributed by atoms with Crippen molar-refractivity contribution < 1.29 is 24.2 Å². The Labute approximate surface area is 230 Å². The van der Waals surface area contributed by atoms with Crippen LogP contribution in [-0.4, -0.2) is 51.7 Å². The van der Waals surface area contributed by atoms with Gasteiger partial charge in [0.2, 0.25) is 5.91 Å². The van der Waals surface area contributed by atoms with E-state index in [1.54, 1.807) is 35.4 Å². The van der Waals surface area contributed by atoms with E-state index in [1.165, 1.54) is 7.05 Å². The van der Waals surface area contributed by atoms with Crippen LogP contribution in [0.2, 0.25) is 5.02 Å². The number of carbonyl (C=O) groups excluding carboxylic acids is 2. The third-order valence-corrected chi connectivity index (χ3v) is 7.15. The van der Waals surface area contributed by atoms with Crippen molar-refractivity contribution in [3.63, 3.8) is 0 Å². The lowest BCUT2D eigenvalue weighted by atomic mass is 10.0. The first-order valence-electron chi connectivity index (χ1n) is 12.6. The van der Waals surface area contributed by atoms with Gasteiger partial charge >= 0.3 is 12.2 Å². The van der Waals surface area contributed by atoms with Crippen molar-refractivity contribution in [3.05, 3.63) is 77.2 Å². The van der Waals surface area contributed by atoms with Crippen LogP contribution in [0.5, 0.6) is 0 Å². The Morgan fingerprint density at radius 3 is 2.82 bits per heavy atom. The van der Waals surface area contributed by atoms with Crippen molar-refractivity contribution in [2.75, 3.05) is 23.8 Å². The minimum atomic E-state index is -1.12. The summed E-state index contributed by atoms with van der Waals surface area (Å²) in [7, 11) is 1.43. The zero-order valence-corrected chi connectivity index (χ0v) is 22.0. The first-order chi connectivity index (χ1) is 18.8. The third kappa shape index (κ3) is 5.75. The molecule has 2 atom stereocenters. The highest BCUT2D eigenvalue weighted by Gasteiger charge is 2.35. The fraction of sp³-hybridized carbons (Fsp3) is 0.286. The molecule has 3 aromatic rings. The fourth-order valence-electron chi connectivity index (χ4n) is 4.80. The summed E-state index contributed by atoms with van der Waals surface area (Å²) in [6, 6.07) is 11.9. The van der Waals surface area contributed by atoms with E-state index in [-0.39, 0.29) is 18.4 Å². The van der Waals surface area contributed by atoms with Gasteiger partial charge in [-0.2, -0.15) is 0 Å². The lowest BCUT2D eigenvalue weighted by Crippen LogP contribution is -2.41. The Morgan fingerprint density at radius 2 is 2.05 bits per heavy atom. The summed E-state index contributed by atoms with van der Waals surface area (Å²) < 4.78 is 5.81. The molecule has 202 valence electrons. The van der Waals surface area contributed by atoms with Crippen LogP contribution >= 0.6 is 11.6 Å². The second-order valence-corrected chi connectivity index (χ2v) is 9.90. The molecular formula is C28H28ClN5O5. The molecule has 1 saturated heterocycles. The minimum absolute atomic E-state index is 0.200. The van der Waals surface area contributed by atoms with Crippen LogP contribution in [0.1, 0.15) is 49.2 Å². The number of amides is 3. The van der Waals surface area contributed by atoms with Gasteiger partial charge in [-0.05, 0) is 48.7 Å². The number of hydrogen-bond acceptors (Lipinski definition) is 5. The molecule has 2 aromatic carbocycles. The van der Waals surface area contributed by atoms with Gasteiger partial charge in [0.1, 0.15) is 11.9 Å². The van der Waals surface area contributed by atoms with Gasteiger partial charge in [-0.3, -0.25) is 14.6 Å². The summed E-state index contributed by atoms with van der Waals surface area (Å²) in [5.41, 5.74) is 2.89. The molecule has 2 aliphatic rings. The number of rotatable bonds is 3. The highest BCUT2D eigenvalue weighted by atomic mass is 35.5. The van der Waals surface area contributed by atoms with Gasteiger partial charge in [-0.1, -0.05) is 35.9 Å². The summed E-state index contributed by atoms with van der Waals surface area (Å²) in [6.07, 6.45) is 5.47. The van der Waals surface area contributed by atoms with Gasteiger partial charge < -0.3 is 20.1 Å². The second-order valence-electron chi connectivity index (χ2n) is 9.46. The molecule has 1 unspecified atom stereocenters. The Bertz CT molecular complexity index is 1440. The van der Waals surface area contributed by atoms with E-state index in [9.17, 15) is 19.5 Å². The molecule has 3 N–H and O–H groups in total. The molecule has 3 heterocycles. The predicted octanol–water partition coefficient (Wildman–Crippen LogP) is 6.15. The number of carboxylic acid groups (broad SMARTS) is 1. The van der Waals surface area contributed by atoms with Crippen LogP contribution in [0.4, 0.5) is 21.0 Å². The van der Waals surface area contributed by atoms with Crippen LogP contribution in [0.15, 0.2) is 60.8 Å². The molecule has 3 amide bonds. The van der Waals surface area contributed by atoms with Crippen molar-refractivity contribution >= 4 is 41.1 Å². The number of imidazole rings is 1. The molecule has 11 heteroatoms. The van der Waals surface area contributed by atoms with Crippen molar-refractivity contribution in [2.45, 2.75) is 37.8 Å². The highest BCUT2D eigenvalue weighted by molar-refractivity contribution is 6.30. The third-order valence-electron chi connectivity index (χ3n) is 6.91. The predicted molar refractivity (Wildman–Crippen MR) is 147 cm³/mol. The number of allylic oxidation sites excluding steroid dienone is 1. The number of aromatic nitrogens is 2. The molecule has 2 bridgehead atoms. The standard InChI is InChI=1S/C28H28ClN5O5/c1-33(27(36)37)19-10-11-20-21(15-19)31-25(35)9-4-2-3-8-23(26-30-16-22(20)32-26)34-13-12-24(39-28(34)38)17-6-5-7-18(29)14-17/h2-3,5-7,10-11,14-16,23-24H,4,8-9,12-13H2,1H3,(H,30,32)(H,31,35)(H,36,37)/b3-2+/t23-,24?/m0/s1. The molecule has 1 fully saturated rings. The molecule has 2 aliphatic heterocycles. The van der Waals surface area contributed by atoms with Gasteiger partial charge in [-0.25, -0.2) is 14.6 Å². The summed E-state index contributed by atoms with van der Waals surface area (Å²) in [6.45, 7) is 0.464. The largest absolute Gasteiger partial charge is 0.465 e. The zero-order chi connectivity index (χ0) is 27.5. The summed E-state index contributed by atoms with van der Waals surface area (Å²) in [5.74, 6) is 0.380. The maximum atomic E-state index is 13.2. The minimum Gasteiger partial charge on any atom is -0.465 e. The quantitative estimate of drug-likeness (QED) is 0.336. The SMILES string of the molecule is CN(C(=O)O)c1ccc2c(c1)NC(=O)CC/C=C/C[C@H](N1CCC(c3cccc(Cl)c3)OC1=O)c1nc-2c[nH]1. The maximum absolute atomic E-state index is 13.2. The number of nitrogens with one attached hydrogen (secondary N) is 2. The van der Waals surface area contributed by atoms with Gasteiger partial charge in [0.15, 0.2) is 0 Å². The Balaban J connectivity index is 1.45. The number of carbonyl (C=O) groups is 3. The molecular weight excluding hydrogens is 522 g/mol. The number of cyclic esters (lactones) is 1. The Kier molecular flexibility index (Phi) is 7.56. The van der Waals surface area contributed by atoms with Crippen LogP contribution in [0.25, 0.3) is 11.3 Å². The fourth-order valence-corrected chi connectivity index (χ4v) is 5.00. The molecule has 0 aliphatic carbocycles. The van der Waals surface area contributed by atoms with Gasteiger partial charge in [-0.15, -0.1) is 0 Å². The van der Waals surface area contributed by atoms with Crippen molar-refractivity contribution in [1.29, 1.82) is 0 Å². The van der Waals surface area contributed by atoms with Crippen molar-refractivity contribution in [3.8, 4) is 11.3 Å². The number of aromatic amines is 1. The molecule has 5 rings (SSSR count). The van der Waals surface area contributed by atoms with E-state index in [0.717, 1.165) is 10.5 Å². The maximum Gasteiger partial charge on any atom is 0.411 e. The van der Waals surface area contributed by atoms with Crippen LogP contribution < -0.4 is 10.2 Å². The normalized spacial score (nSPS) is 20.4. The summed E-state index contributed by atoms with van der Waals surface area (Å²) in [4.78, 5) is 48.1. The smallest absolute Gasteiger partial charge is 0.411 e. The van der Waals surface area contributed by atoms with Crippen LogP contribution in [0.3, 0.4) is 0 Å². The number of ether oxygens (including phenoxy) is 1. The molecule has 0 spiro atoms. The average Bonchev–Trinajstić information content (AvgIpc) is 3.40. The van der Waals surface area contributed by atoms with Gasteiger partial charge in [0, 0.05) is 48.9 Å². The molecule has 0 saturated carbocycles. The molecule has 1 aromatic heterocycles. The monoisotopic (exact) mass is 549 g/mol. The van der Waals surface area contributed by atoms with Gasteiger partial charge in [0.25, 0.3) is 0 Å².